The second-order valence-corrected chi connectivity index (χ2v) is 4.43. The fourth-order valence-electron chi connectivity index (χ4n) is 2.18. The summed E-state index contributed by atoms with van der Waals surface area (Å²) in [4.78, 5) is 25.0. The van der Waals surface area contributed by atoms with Crippen molar-refractivity contribution in [3.05, 3.63) is 23.8 Å². The number of benzene rings is 1. The van der Waals surface area contributed by atoms with E-state index in [-0.39, 0.29) is 29.7 Å². The van der Waals surface area contributed by atoms with Gasteiger partial charge in [-0.15, -0.1) is 0 Å². The van der Waals surface area contributed by atoms with E-state index in [4.69, 9.17) is 0 Å². The van der Waals surface area contributed by atoms with Crippen LogP contribution in [0.5, 0.6) is 11.5 Å². The molecule has 0 bridgehead atoms. The van der Waals surface area contributed by atoms with Crippen molar-refractivity contribution in [1.29, 1.82) is 0 Å². The highest BCUT2D eigenvalue weighted by Gasteiger charge is 2.33. The third kappa shape index (κ3) is 2.47. The first-order chi connectivity index (χ1) is 9.04. The van der Waals surface area contributed by atoms with Crippen LogP contribution in [0.3, 0.4) is 0 Å². The number of rotatable bonds is 2. The monoisotopic (exact) mass is 265 g/mol. The molecule has 1 aromatic rings. The number of methoxy groups -OCH3 is 1. The van der Waals surface area contributed by atoms with Gasteiger partial charge in [-0.2, -0.15) is 0 Å². The maximum absolute atomic E-state index is 12.2. The summed E-state index contributed by atoms with van der Waals surface area (Å²) >= 11 is 0. The van der Waals surface area contributed by atoms with Gasteiger partial charge in [-0.25, -0.2) is 0 Å². The number of hydrogen-bond acceptors (Lipinski definition) is 5. The number of phenolic OH excluding ortho intramolecular Hbond substituents is 2. The zero-order chi connectivity index (χ0) is 14.0. The van der Waals surface area contributed by atoms with Gasteiger partial charge in [-0.1, -0.05) is 6.07 Å². The number of likely N-dealkylation sites (tertiary alicyclic amines) is 1. The lowest BCUT2D eigenvalue weighted by molar-refractivity contribution is -0.144. The first kappa shape index (κ1) is 13.2. The smallest absolute Gasteiger partial charge is 0.310 e. The predicted octanol–water partition coefficient (Wildman–Crippen LogP) is 0.733. The quantitative estimate of drug-likeness (QED) is 0.608. The molecule has 6 nitrogen and oxygen atoms in total. The summed E-state index contributed by atoms with van der Waals surface area (Å²) in [6.45, 7) is 0.689. The largest absolute Gasteiger partial charge is 0.504 e. The summed E-state index contributed by atoms with van der Waals surface area (Å²) in [5.41, 5.74) is 0.0329. The van der Waals surface area contributed by atoms with E-state index in [1.165, 1.54) is 30.2 Å². The highest BCUT2D eigenvalue weighted by molar-refractivity contribution is 5.98. The average molecular weight is 265 g/mol. The molecule has 1 fully saturated rings. The Hall–Kier alpha value is -2.24. The van der Waals surface area contributed by atoms with Crippen LogP contribution in [0.2, 0.25) is 0 Å². The van der Waals surface area contributed by atoms with Gasteiger partial charge < -0.3 is 19.8 Å². The van der Waals surface area contributed by atoms with Crippen molar-refractivity contribution in [2.75, 3.05) is 20.2 Å². The standard InChI is InChI=1S/C13H15NO5/c1-19-13(18)8-5-6-14(7-8)12(17)9-3-2-4-10(15)11(9)16/h2-4,8,15-16H,5-7H2,1H3. The van der Waals surface area contributed by atoms with E-state index in [2.05, 4.69) is 4.74 Å². The van der Waals surface area contributed by atoms with Crippen LogP contribution in [0.1, 0.15) is 16.8 Å². The van der Waals surface area contributed by atoms with Crippen molar-refractivity contribution in [2.45, 2.75) is 6.42 Å². The molecule has 1 saturated heterocycles. The third-order valence-electron chi connectivity index (χ3n) is 3.26. The Balaban J connectivity index is 2.14. The molecular weight excluding hydrogens is 250 g/mol. The number of hydrogen-bond donors (Lipinski definition) is 2. The van der Waals surface area contributed by atoms with Crippen molar-refractivity contribution in [3.63, 3.8) is 0 Å². The zero-order valence-electron chi connectivity index (χ0n) is 10.5. The lowest BCUT2D eigenvalue weighted by Gasteiger charge is -2.17. The number of phenols is 2. The summed E-state index contributed by atoms with van der Waals surface area (Å²) < 4.78 is 4.64. The fourth-order valence-corrected chi connectivity index (χ4v) is 2.18. The van der Waals surface area contributed by atoms with E-state index in [0.29, 0.717) is 13.0 Å². The lowest BCUT2D eigenvalue weighted by atomic mass is 10.1. The minimum absolute atomic E-state index is 0.0329. The number of amides is 1. The van der Waals surface area contributed by atoms with Crippen LogP contribution in [0.15, 0.2) is 18.2 Å². The van der Waals surface area contributed by atoms with E-state index in [1.807, 2.05) is 0 Å². The van der Waals surface area contributed by atoms with Crippen LogP contribution in [0, 0.1) is 5.92 Å². The van der Waals surface area contributed by atoms with Crippen molar-refractivity contribution < 1.29 is 24.5 Å². The van der Waals surface area contributed by atoms with Crippen LogP contribution in [0.4, 0.5) is 0 Å². The number of esters is 1. The van der Waals surface area contributed by atoms with Gasteiger partial charge in [0, 0.05) is 13.1 Å². The molecule has 2 N–H and O–H groups in total. The Morgan fingerprint density at radius 2 is 2.11 bits per heavy atom. The second-order valence-electron chi connectivity index (χ2n) is 4.43. The number of nitrogens with zero attached hydrogens (tertiary/aromatic N) is 1. The molecule has 1 unspecified atom stereocenters. The minimum atomic E-state index is -0.436. The Morgan fingerprint density at radius 1 is 1.37 bits per heavy atom. The van der Waals surface area contributed by atoms with Gasteiger partial charge in [0.2, 0.25) is 0 Å². The Labute approximate surface area is 110 Å². The molecule has 1 aliphatic heterocycles. The molecule has 6 heteroatoms. The Kier molecular flexibility index (Phi) is 3.59. The fraction of sp³-hybridized carbons (Fsp3) is 0.385. The van der Waals surface area contributed by atoms with Crippen LogP contribution >= 0.6 is 0 Å². The minimum Gasteiger partial charge on any atom is -0.504 e. The van der Waals surface area contributed by atoms with Gasteiger partial charge in [-0.05, 0) is 18.6 Å². The molecular formula is C13H15NO5. The van der Waals surface area contributed by atoms with Gasteiger partial charge in [0.15, 0.2) is 11.5 Å². The Bertz CT molecular complexity index is 514. The molecule has 1 aliphatic rings. The number of para-hydroxylation sites is 1. The SMILES string of the molecule is COC(=O)C1CCN(C(=O)c2cccc(O)c2O)C1. The highest BCUT2D eigenvalue weighted by atomic mass is 16.5. The summed E-state index contributed by atoms with van der Waals surface area (Å²) in [6.07, 6.45) is 0.540. The van der Waals surface area contributed by atoms with E-state index in [1.54, 1.807) is 0 Å². The molecule has 0 saturated carbocycles. The molecule has 0 spiro atoms. The van der Waals surface area contributed by atoms with E-state index in [0.717, 1.165) is 0 Å². The topological polar surface area (TPSA) is 87.1 Å². The summed E-state index contributed by atoms with van der Waals surface area (Å²) in [5, 5.41) is 19.0. The molecule has 1 amide bonds. The van der Waals surface area contributed by atoms with Crippen LogP contribution < -0.4 is 0 Å². The molecule has 0 aromatic heterocycles. The lowest BCUT2D eigenvalue weighted by Crippen LogP contribution is -2.30. The third-order valence-corrected chi connectivity index (χ3v) is 3.26. The Morgan fingerprint density at radius 3 is 2.79 bits per heavy atom. The summed E-state index contributed by atoms with van der Waals surface area (Å²) in [5.74, 6) is -1.84. The first-order valence-corrected chi connectivity index (χ1v) is 5.92. The van der Waals surface area contributed by atoms with E-state index in [9.17, 15) is 19.8 Å². The van der Waals surface area contributed by atoms with Crippen LogP contribution in [-0.4, -0.2) is 47.2 Å². The normalized spacial score (nSPS) is 18.4. The maximum atomic E-state index is 12.2. The second kappa shape index (κ2) is 5.17. The van der Waals surface area contributed by atoms with E-state index < -0.39 is 11.7 Å². The zero-order valence-corrected chi connectivity index (χ0v) is 10.5. The molecule has 1 aromatic carbocycles. The molecule has 0 aliphatic carbocycles. The van der Waals surface area contributed by atoms with Crippen molar-refractivity contribution in [3.8, 4) is 11.5 Å². The number of carbonyl (C=O) groups is 2. The first-order valence-electron chi connectivity index (χ1n) is 5.92. The van der Waals surface area contributed by atoms with Crippen LogP contribution in [0.25, 0.3) is 0 Å². The van der Waals surface area contributed by atoms with Crippen molar-refractivity contribution in [2.24, 2.45) is 5.92 Å². The van der Waals surface area contributed by atoms with Crippen molar-refractivity contribution >= 4 is 11.9 Å². The van der Waals surface area contributed by atoms with Crippen LogP contribution in [-0.2, 0) is 9.53 Å². The molecule has 102 valence electrons. The number of carbonyl (C=O) groups excluding carboxylic acids is 2. The van der Waals surface area contributed by atoms with E-state index >= 15 is 0 Å². The molecule has 1 atom stereocenters. The highest BCUT2D eigenvalue weighted by Crippen LogP contribution is 2.30. The molecule has 2 rings (SSSR count). The van der Waals surface area contributed by atoms with Gasteiger partial charge in [0.05, 0.1) is 18.6 Å². The van der Waals surface area contributed by atoms with Crippen molar-refractivity contribution in [1.82, 2.24) is 4.90 Å². The molecule has 0 radical (unpaired) electrons. The summed E-state index contributed by atoms with van der Waals surface area (Å²) in [6, 6.07) is 4.21. The molecule has 19 heavy (non-hydrogen) atoms. The maximum Gasteiger partial charge on any atom is 0.310 e. The van der Waals surface area contributed by atoms with Gasteiger partial charge in [0.1, 0.15) is 0 Å². The van der Waals surface area contributed by atoms with Gasteiger partial charge in [0.25, 0.3) is 5.91 Å². The average Bonchev–Trinajstić information content (AvgIpc) is 2.90. The molecule has 1 heterocycles. The van der Waals surface area contributed by atoms with Gasteiger partial charge >= 0.3 is 5.97 Å². The predicted molar refractivity (Wildman–Crippen MR) is 65.8 cm³/mol. The van der Waals surface area contributed by atoms with Gasteiger partial charge in [-0.3, -0.25) is 9.59 Å². The summed E-state index contributed by atoms with van der Waals surface area (Å²) in [7, 11) is 1.31. The number of ether oxygens (including phenoxy) is 1. The number of aromatic hydroxyl groups is 2.